The third-order valence-electron chi connectivity index (χ3n) is 4.08. The van der Waals surface area contributed by atoms with Crippen molar-refractivity contribution in [2.24, 2.45) is 11.6 Å². The summed E-state index contributed by atoms with van der Waals surface area (Å²) in [6.07, 6.45) is 3.31. The molecular weight excluding hydrogens is 458 g/mol. The summed E-state index contributed by atoms with van der Waals surface area (Å²) >= 11 is 3.04. The maximum Gasteiger partial charge on any atom is 0.326 e. The molecule has 0 saturated carbocycles. The molecule has 0 amide bonds. The number of rotatable bonds is 9. The zero-order chi connectivity index (χ0) is 24.1. The van der Waals surface area contributed by atoms with Crippen molar-refractivity contribution in [3.8, 4) is 16.3 Å². The number of ether oxygens (including phenoxy) is 2. The molecule has 0 aliphatic carbocycles. The Labute approximate surface area is 202 Å². The summed E-state index contributed by atoms with van der Waals surface area (Å²) in [7, 11) is 2.98. The molecule has 8 nitrogen and oxygen atoms in total. The van der Waals surface area contributed by atoms with Gasteiger partial charge in [0, 0.05) is 24.0 Å². The summed E-state index contributed by atoms with van der Waals surface area (Å²) in [6.45, 7) is 2.41. The van der Waals surface area contributed by atoms with Crippen LogP contribution in [-0.2, 0) is 9.53 Å². The van der Waals surface area contributed by atoms with E-state index in [9.17, 15) is 4.79 Å². The molecule has 0 radical (unpaired) electrons. The van der Waals surface area contributed by atoms with E-state index in [0.29, 0.717) is 12.2 Å². The molecule has 0 atom stereocenters. The van der Waals surface area contributed by atoms with Crippen molar-refractivity contribution in [1.82, 2.24) is 14.7 Å². The topological polar surface area (TPSA) is 116 Å². The van der Waals surface area contributed by atoms with Gasteiger partial charge >= 0.3 is 5.97 Å². The number of aromatic nitrogens is 1. The minimum Gasteiger partial charge on any atom is -0.497 e. The van der Waals surface area contributed by atoms with Crippen LogP contribution in [0, 0.1) is 6.92 Å². The Bertz CT molecular complexity index is 1010. The first-order valence-electron chi connectivity index (χ1n) is 9.97. The van der Waals surface area contributed by atoms with Gasteiger partial charge in [-0.05, 0) is 31.0 Å². The highest BCUT2D eigenvalue weighted by molar-refractivity contribution is 7.99. The number of aryl methyl sites for hydroxylation is 1. The van der Waals surface area contributed by atoms with Gasteiger partial charge in [-0.15, -0.1) is 11.3 Å². The van der Waals surface area contributed by atoms with E-state index in [4.69, 9.17) is 16.3 Å². The first kappa shape index (κ1) is 26.2. The quantitative estimate of drug-likeness (QED) is 0.180. The van der Waals surface area contributed by atoms with Crippen LogP contribution in [0.4, 0.5) is 0 Å². The van der Waals surface area contributed by atoms with Crippen molar-refractivity contribution in [3.05, 3.63) is 78.3 Å². The maximum absolute atomic E-state index is 11.1. The SMILES string of the molecule is COC(=O)CN(N)/C=C(\N)CNSc1cnc(-c2ccccc2)s1.COc1ccc(C)cc1. The summed E-state index contributed by atoms with van der Waals surface area (Å²) in [5.41, 5.74) is 8.71. The fourth-order valence-electron chi connectivity index (χ4n) is 2.40. The number of carbonyl (C=O) groups excluding carboxylic acids is 1. The third kappa shape index (κ3) is 9.96. The molecule has 10 heteroatoms. The van der Waals surface area contributed by atoms with Gasteiger partial charge in [-0.1, -0.05) is 48.0 Å². The lowest BCUT2D eigenvalue weighted by Crippen LogP contribution is -2.33. The number of hydrogen-bond acceptors (Lipinski definition) is 10. The number of carbonyl (C=O) groups is 1. The van der Waals surface area contributed by atoms with E-state index in [-0.39, 0.29) is 6.54 Å². The van der Waals surface area contributed by atoms with E-state index in [1.54, 1.807) is 18.4 Å². The molecule has 0 aliphatic heterocycles. The van der Waals surface area contributed by atoms with Crippen molar-refractivity contribution < 1.29 is 14.3 Å². The average Bonchev–Trinajstić information content (AvgIpc) is 3.29. The lowest BCUT2D eigenvalue weighted by Gasteiger charge is -2.13. The minimum atomic E-state index is -0.429. The maximum atomic E-state index is 11.1. The summed E-state index contributed by atoms with van der Waals surface area (Å²) < 4.78 is 13.7. The predicted molar refractivity (Wildman–Crippen MR) is 134 cm³/mol. The van der Waals surface area contributed by atoms with Crippen LogP contribution >= 0.6 is 23.3 Å². The minimum absolute atomic E-state index is 0.0559. The van der Waals surface area contributed by atoms with E-state index < -0.39 is 5.97 Å². The predicted octanol–water partition coefficient (Wildman–Crippen LogP) is 3.56. The molecule has 3 rings (SSSR count). The second-order valence-electron chi connectivity index (χ2n) is 6.74. The smallest absolute Gasteiger partial charge is 0.326 e. The summed E-state index contributed by atoms with van der Waals surface area (Å²) in [4.78, 5) is 15.5. The van der Waals surface area contributed by atoms with Crippen LogP contribution in [0.3, 0.4) is 0 Å². The van der Waals surface area contributed by atoms with Gasteiger partial charge < -0.3 is 20.2 Å². The Morgan fingerprint density at radius 2 is 1.88 bits per heavy atom. The molecule has 1 aromatic heterocycles. The van der Waals surface area contributed by atoms with E-state index in [2.05, 4.69) is 21.4 Å². The van der Waals surface area contributed by atoms with Crippen molar-refractivity contribution in [3.63, 3.8) is 0 Å². The first-order chi connectivity index (χ1) is 15.9. The van der Waals surface area contributed by atoms with E-state index in [1.807, 2.05) is 60.8 Å². The number of hydrogen-bond donors (Lipinski definition) is 3. The molecule has 3 aromatic rings. The Kier molecular flexibility index (Phi) is 11.3. The normalized spacial score (nSPS) is 10.7. The van der Waals surface area contributed by atoms with E-state index >= 15 is 0 Å². The van der Waals surface area contributed by atoms with E-state index in [1.165, 1.54) is 35.8 Å². The second-order valence-corrected chi connectivity index (χ2v) is 8.97. The molecule has 1 heterocycles. The largest absolute Gasteiger partial charge is 0.497 e. The second kappa shape index (κ2) is 14.2. The number of nitrogens with two attached hydrogens (primary N) is 2. The summed E-state index contributed by atoms with van der Waals surface area (Å²) in [5, 5.41) is 2.16. The number of thiazole rings is 1. The fourth-order valence-corrected chi connectivity index (χ4v) is 4.13. The molecule has 0 spiro atoms. The summed E-state index contributed by atoms with van der Waals surface area (Å²) in [6, 6.07) is 18.0. The lowest BCUT2D eigenvalue weighted by atomic mass is 10.2. The van der Waals surface area contributed by atoms with Gasteiger partial charge in [-0.2, -0.15) is 0 Å². The van der Waals surface area contributed by atoms with Gasteiger partial charge in [-0.3, -0.25) is 9.52 Å². The highest BCUT2D eigenvalue weighted by atomic mass is 32.2. The van der Waals surface area contributed by atoms with Crippen molar-refractivity contribution in [1.29, 1.82) is 0 Å². The number of esters is 1. The van der Waals surface area contributed by atoms with Gasteiger partial charge in [0.2, 0.25) is 0 Å². The Morgan fingerprint density at radius 1 is 1.18 bits per heavy atom. The zero-order valence-corrected chi connectivity index (χ0v) is 20.5. The molecule has 176 valence electrons. The highest BCUT2D eigenvalue weighted by Crippen LogP contribution is 2.29. The lowest BCUT2D eigenvalue weighted by molar-refractivity contribution is -0.141. The zero-order valence-electron chi connectivity index (χ0n) is 18.9. The fraction of sp³-hybridized carbons (Fsp3) is 0.217. The molecule has 0 bridgehead atoms. The molecule has 0 unspecified atom stereocenters. The van der Waals surface area contributed by atoms with Crippen LogP contribution in [0.2, 0.25) is 0 Å². The molecule has 2 aromatic carbocycles. The Balaban J connectivity index is 0.000000357. The van der Waals surface area contributed by atoms with Crippen LogP contribution in [0.5, 0.6) is 5.75 Å². The molecule has 5 N–H and O–H groups in total. The first-order valence-corrected chi connectivity index (χ1v) is 11.6. The third-order valence-corrected chi connectivity index (χ3v) is 6.02. The highest BCUT2D eigenvalue weighted by Gasteiger charge is 2.06. The molecule has 0 aliphatic rings. The Hall–Kier alpha value is -3.05. The van der Waals surface area contributed by atoms with Gasteiger partial charge in [0.05, 0.1) is 24.6 Å². The van der Waals surface area contributed by atoms with Crippen LogP contribution in [-0.4, -0.2) is 43.3 Å². The molecule has 0 fully saturated rings. The number of nitrogens with one attached hydrogen (secondary N) is 1. The number of hydrazine groups is 1. The number of methoxy groups -OCH3 is 2. The molecular formula is C23H29N5O3S2. The molecule has 33 heavy (non-hydrogen) atoms. The van der Waals surface area contributed by atoms with Crippen molar-refractivity contribution in [2.75, 3.05) is 27.3 Å². The van der Waals surface area contributed by atoms with Crippen LogP contribution in [0.15, 0.2) is 76.9 Å². The Morgan fingerprint density at radius 3 is 2.52 bits per heavy atom. The van der Waals surface area contributed by atoms with Crippen LogP contribution < -0.4 is 21.0 Å². The van der Waals surface area contributed by atoms with Crippen molar-refractivity contribution in [2.45, 2.75) is 11.1 Å². The molecule has 0 saturated heterocycles. The van der Waals surface area contributed by atoms with Gasteiger partial charge in [-0.25, -0.2) is 10.8 Å². The van der Waals surface area contributed by atoms with Crippen molar-refractivity contribution >= 4 is 29.3 Å². The van der Waals surface area contributed by atoms with Crippen LogP contribution in [0.1, 0.15) is 5.56 Å². The summed E-state index contributed by atoms with van der Waals surface area (Å²) in [5.74, 6) is 6.12. The number of benzene rings is 2. The monoisotopic (exact) mass is 487 g/mol. The van der Waals surface area contributed by atoms with Crippen LogP contribution in [0.25, 0.3) is 10.6 Å². The van der Waals surface area contributed by atoms with E-state index in [0.717, 1.165) is 20.5 Å². The van der Waals surface area contributed by atoms with Gasteiger partial charge in [0.15, 0.2) is 0 Å². The average molecular weight is 488 g/mol. The number of nitrogens with zero attached hydrogens (tertiary/aromatic N) is 2. The standard InChI is InChI=1S/C15H19N5O2S2.C8H10O/c1-22-13(21)10-20(17)9-12(16)7-19-24-14-8-18-15(23-14)11-5-3-2-4-6-11;1-7-3-5-8(9-2)6-4-7/h2-6,8-9,19H,7,10,16-17H2,1H3;3-6H,1-2H3/b12-9-;. The van der Waals surface area contributed by atoms with Gasteiger partial charge in [0.25, 0.3) is 0 Å². The van der Waals surface area contributed by atoms with Gasteiger partial charge in [0.1, 0.15) is 17.3 Å².